The first kappa shape index (κ1) is 35.1. The van der Waals surface area contributed by atoms with Crippen LogP contribution in [-0.2, 0) is 0 Å². The van der Waals surface area contributed by atoms with E-state index < -0.39 is 0 Å². The number of aromatic nitrogens is 3. The molecule has 11 aromatic rings. The number of furan rings is 1. The van der Waals surface area contributed by atoms with Crippen molar-refractivity contribution in [1.29, 1.82) is 0 Å². The molecule has 2 aliphatic carbocycles. The lowest BCUT2D eigenvalue weighted by Gasteiger charge is -2.34. The number of hydrogen-bond donors (Lipinski definition) is 0. The molecule has 2 atom stereocenters. The van der Waals surface area contributed by atoms with Gasteiger partial charge in [-0.1, -0.05) is 152 Å². The van der Waals surface area contributed by atoms with Crippen LogP contribution in [0.1, 0.15) is 23.0 Å². The Morgan fingerprint density at radius 1 is 0.371 bits per heavy atom. The van der Waals surface area contributed by atoms with Gasteiger partial charge in [-0.15, -0.1) is 11.3 Å². The Bertz CT molecular complexity index is 3670. The molecular formula is C57H35N3OS. The van der Waals surface area contributed by atoms with E-state index in [1.165, 1.54) is 59.1 Å². The summed E-state index contributed by atoms with van der Waals surface area (Å²) in [4.78, 5) is 15.3. The van der Waals surface area contributed by atoms with Crippen molar-refractivity contribution >= 4 is 53.4 Å². The normalized spacial score (nSPS) is 15.3. The predicted molar refractivity (Wildman–Crippen MR) is 256 cm³/mol. The lowest BCUT2D eigenvalue weighted by Crippen LogP contribution is -2.16. The van der Waals surface area contributed by atoms with E-state index in [0.29, 0.717) is 29.3 Å². The number of para-hydroxylation sites is 1. The molecule has 8 aromatic carbocycles. The van der Waals surface area contributed by atoms with Gasteiger partial charge < -0.3 is 4.42 Å². The molecular weight excluding hydrogens is 775 g/mol. The Kier molecular flexibility index (Phi) is 7.87. The SMILES string of the molecule is C1=CC2c3ccccc3-c3cc(-c4ccc5sc6cccc(-c7cccc(-c8nc(-c9ccccc9)nc(-c9ccc%10c(c9)oc9ccccc9%10)n8)c7)c6c5c4)ccc3C2C=C1. The van der Waals surface area contributed by atoms with Gasteiger partial charge in [0, 0.05) is 59.5 Å². The predicted octanol–water partition coefficient (Wildman–Crippen LogP) is 15.4. The Labute approximate surface area is 361 Å². The first-order valence-corrected chi connectivity index (χ1v) is 21.9. The Morgan fingerprint density at radius 2 is 1.00 bits per heavy atom. The number of thiophene rings is 1. The molecule has 0 saturated carbocycles. The van der Waals surface area contributed by atoms with E-state index >= 15 is 0 Å². The van der Waals surface area contributed by atoms with E-state index in [0.717, 1.165) is 44.2 Å². The van der Waals surface area contributed by atoms with Crippen LogP contribution in [0.4, 0.5) is 0 Å². The van der Waals surface area contributed by atoms with Crippen LogP contribution in [0.15, 0.2) is 205 Å². The second-order valence-electron chi connectivity index (χ2n) is 16.3. The first-order chi connectivity index (χ1) is 30.7. The van der Waals surface area contributed by atoms with E-state index in [2.05, 4.69) is 146 Å². The van der Waals surface area contributed by atoms with Crippen molar-refractivity contribution in [3.8, 4) is 67.5 Å². The average Bonchev–Trinajstić information content (AvgIpc) is 3.92. The fraction of sp³-hybridized carbons (Fsp3) is 0.0351. The summed E-state index contributed by atoms with van der Waals surface area (Å²) >= 11 is 1.85. The molecule has 13 rings (SSSR count). The lowest BCUT2D eigenvalue weighted by molar-refractivity contribution is 0.669. The standard InChI is InChI=1S/C57H35N3OS/c1-2-12-34(13-3-1)55-58-56(60-57(59-55)39-25-28-47-46-20-8-9-22-50(46)61-51(47)33-39)38-15-10-14-37(30-38)40-21-11-23-53-54(40)49-32-36(26-29-52(49)62-53)35-24-27-45-43-18-5-4-16-41(43)42-17-6-7-19-44(42)48(45)31-35/h1-33,41,43H. The molecule has 0 saturated heterocycles. The number of fused-ring (bicyclic) bond motifs is 12. The van der Waals surface area contributed by atoms with E-state index in [9.17, 15) is 0 Å². The van der Waals surface area contributed by atoms with E-state index in [4.69, 9.17) is 19.4 Å². The quantitative estimate of drug-likeness (QED) is 0.174. The zero-order chi connectivity index (χ0) is 40.7. The highest BCUT2D eigenvalue weighted by molar-refractivity contribution is 7.26. The molecule has 0 aliphatic heterocycles. The van der Waals surface area contributed by atoms with Crippen molar-refractivity contribution in [2.75, 3.05) is 0 Å². The molecule has 3 heterocycles. The smallest absolute Gasteiger partial charge is 0.164 e. The molecule has 62 heavy (non-hydrogen) atoms. The number of rotatable bonds is 5. The fourth-order valence-electron chi connectivity index (χ4n) is 9.78. The highest BCUT2D eigenvalue weighted by Gasteiger charge is 2.31. The molecule has 2 aliphatic rings. The zero-order valence-electron chi connectivity index (χ0n) is 33.4. The van der Waals surface area contributed by atoms with Crippen molar-refractivity contribution in [2.45, 2.75) is 11.8 Å². The molecule has 4 nitrogen and oxygen atoms in total. The summed E-state index contributed by atoms with van der Waals surface area (Å²) in [6.07, 6.45) is 9.11. The summed E-state index contributed by atoms with van der Waals surface area (Å²) in [6, 6.07) is 62.8. The third-order valence-corrected chi connectivity index (χ3v) is 13.9. The Hall–Kier alpha value is -7.73. The summed E-state index contributed by atoms with van der Waals surface area (Å²) in [5.74, 6) is 2.55. The zero-order valence-corrected chi connectivity index (χ0v) is 34.2. The van der Waals surface area contributed by atoms with Gasteiger partial charge in [-0.2, -0.15) is 0 Å². The van der Waals surface area contributed by atoms with Crippen molar-refractivity contribution in [2.24, 2.45) is 0 Å². The van der Waals surface area contributed by atoms with Crippen LogP contribution in [0.2, 0.25) is 0 Å². The summed E-state index contributed by atoms with van der Waals surface area (Å²) in [5.41, 5.74) is 14.6. The van der Waals surface area contributed by atoms with Crippen molar-refractivity contribution in [1.82, 2.24) is 15.0 Å². The highest BCUT2D eigenvalue weighted by Crippen LogP contribution is 2.50. The molecule has 2 unspecified atom stereocenters. The van der Waals surface area contributed by atoms with Crippen molar-refractivity contribution < 1.29 is 4.42 Å². The summed E-state index contributed by atoms with van der Waals surface area (Å²) in [7, 11) is 0. The number of benzene rings is 8. The molecule has 0 amide bonds. The van der Waals surface area contributed by atoms with Gasteiger partial charge in [0.15, 0.2) is 17.5 Å². The van der Waals surface area contributed by atoms with Crippen LogP contribution in [0.5, 0.6) is 0 Å². The average molecular weight is 810 g/mol. The molecule has 0 fully saturated rings. The van der Waals surface area contributed by atoms with Crippen LogP contribution in [-0.4, -0.2) is 15.0 Å². The van der Waals surface area contributed by atoms with Gasteiger partial charge in [0.05, 0.1) is 0 Å². The number of hydrogen-bond acceptors (Lipinski definition) is 5. The summed E-state index contributed by atoms with van der Waals surface area (Å²) in [6.45, 7) is 0. The van der Waals surface area contributed by atoms with Gasteiger partial charge in [-0.25, -0.2) is 15.0 Å². The van der Waals surface area contributed by atoms with Crippen molar-refractivity contribution in [3.05, 3.63) is 211 Å². The molecule has 290 valence electrons. The van der Waals surface area contributed by atoms with E-state index in [1.807, 2.05) is 65.9 Å². The topological polar surface area (TPSA) is 51.8 Å². The molecule has 5 heteroatoms. The van der Waals surface area contributed by atoms with Crippen LogP contribution < -0.4 is 0 Å². The second kappa shape index (κ2) is 13.9. The minimum Gasteiger partial charge on any atom is -0.456 e. The summed E-state index contributed by atoms with van der Waals surface area (Å²) < 4.78 is 8.81. The lowest BCUT2D eigenvalue weighted by atomic mass is 9.69. The van der Waals surface area contributed by atoms with Gasteiger partial charge in [-0.05, 0) is 93.0 Å². The molecule has 0 N–H and O–H groups in total. The number of allylic oxidation sites excluding steroid dienone is 4. The first-order valence-electron chi connectivity index (χ1n) is 21.1. The van der Waals surface area contributed by atoms with Gasteiger partial charge in [-0.3, -0.25) is 0 Å². The Balaban J connectivity index is 0.922. The largest absolute Gasteiger partial charge is 0.456 e. The molecule has 0 bridgehead atoms. The third-order valence-electron chi connectivity index (χ3n) is 12.7. The van der Waals surface area contributed by atoms with Crippen LogP contribution in [0.25, 0.3) is 110 Å². The maximum Gasteiger partial charge on any atom is 0.164 e. The fourth-order valence-corrected chi connectivity index (χ4v) is 10.9. The van der Waals surface area contributed by atoms with Gasteiger partial charge in [0.25, 0.3) is 0 Å². The molecule has 0 spiro atoms. The third kappa shape index (κ3) is 5.63. The van der Waals surface area contributed by atoms with Gasteiger partial charge in [0.2, 0.25) is 0 Å². The van der Waals surface area contributed by atoms with E-state index in [1.54, 1.807) is 0 Å². The molecule has 0 radical (unpaired) electrons. The second-order valence-corrected chi connectivity index (χ2v) is 17.3. The van der Waals surface area contributed by atoms with Crippen LogP contribution in [0.3, 0.4) is 0 Å². The maximum atomic E-state index is 6.28. The van der Waals surface area contributed by atoms with Gasteiger partial charge >= 0.3 is 0 Å². The Morgan fingerprint density at radius 3 is 1.87 bits per heavy atom. The monoisotopic (exact) mass is 809 g/mol. The minimum absolute atomic E-state index is 0.349. The molecule has 3 aromatic heterocycles. The van der Waals surface area contributed by atoms with Gasteiger partial charge in [0.1, 0.15) is 11.2 Å². The highest BCUT2D eigenvalue weighted by atomic mass is 32.1. The van der Waals surface area contributed by atoms with Crippen LogP contribution >= 0.6 is 11.3 Å². The summed E-state index contributed by atoms with van der Waals surface area (Å²) in [5, 5.41) is 4.68. The number of nitrogens with zero attached hydrogens (tertiary/aromatic N) is 3. The van der Waals surface area contributed by atoms with Crippen LogP contribution in [0, 0.1) is 0 Å². The van der Waals surface area contributed by atoms with E-state index in [-0.39, 0.29) is 0 Å². The maximum absolute atomic E-state index is 6.28. The minimum atomic E-state index is 0.349. The van der Waals surface area contributed by atoms with Crippen molar-refractivity contribution in [3.63, 3.8) is 0 Å².